The van der Waals surface area contributed by atoms with Crippen molar-refractivity contribution in [1.29, 1.82) is 0 Å². The van der Waals surface area contributed by atoms with Crippen molar-refractivity contribution in [3.05, 3.63) is 35.9 Å². The van der Waals surface area contributed by atoms with Crippen molar-refractivity contribution in [3.8, 4) is 0 Å². The Bertz CT molecular complexity index is 577. The first-order chi connectivity index (χ1) is 12.3. The molecule has 1 heterocycles. The van der Waals surface area contributed by atoms with Crippen LogP contribution in [0.3, 0.4) is 0 Å². The Labute approximate surface area is 154 Å². The van der Waals surface area contributed by atoms with Gasteiger partial charge in [-0.1, -0.05) is 30.3 Å². The van der Waals surface area contributed by atoms with Gasteiger partial charge >= 0.3 is 12.1 Å². The maximum Gasteiger partial charge on any atom is 0.410 e. The standard InChI is InChI=1S/C19H27NO6/c1-19(2,3)26-17(21)14-23-9-10-24-16-11-20(12-16)18(22)25-13-15-7-5-4-6-8-15/h4-8,16H,9-14H2,1-3H3. The predicted molar refractivity (Wildman–Crippen MR) is 94.6 cm³/mol. The Morgan fingerprint density at radius 3 is 2.46 bits per heavy atom. The Hall–Kier alpha value is -2.12. The summed E-state index contributed by atoms with van der Waals surface area (Å²) in [6.45, 7) is 7.25. The number of esters is 1. The molecule has 0 atom stereocenters. The molecule has 144 valence electrons. The van der Waals surface area contributed by atoms with Crippen molar-refractivity contribution >= 4 is 12.1 Å². The van der Waals surface area contributed by atoms with Crippen LogP contribution in [0, 0.1) is 0 Å². The van der Waals surface area contributed by atoms with E-state index >= 15 is 0 Å². The molecule has 2 rings (SSSR count). The largest absolute Gasteiger partial charge is 0.458 e. The fraction of sp³-hybridized carbons (Fsp3) is 0.579. The normalized spacial score (nSPS) is 14.7. The SMILES string of the molecule is CC(C)(C)OC(=O)COCCOC1CN(C(=O)OCc2ccccc2)C1. The molecule has 1 aliphatic heterocycles. The maximum atomic E-state index is 11.9. The van der Waals surface area contributed by atoms with Crippen LogP contribution in [0.25, 0.3) is 0 Å². The summed E-state index contributed by atoms with van der Waals surface area (Å²) in [4.78, 5) is 24.9. The fourth-order valence-electron chi connectivity index (χ4n) is 2.30. The first-order valence-corrected chi connectivity index (χ1v) is 8.70. The average molecular weight is 365 g/mol. The molecule has 1 saturated heterocycles. The molecule has 1 fully saturated rings. The number of nitrogens with zero attached hydrogens (tertiary/aromatic N) is 1. The summed E-state index contributed by atoms with van der Waals surface area (Å²) in [6, 6.07) is 9.54. The lowest BCUT2D eigenvalue weighted by atomic mass is 10.2. The van der Waals surface area contributed by atoms with E-state index in [1.807, 2.05) is 30.3 Å². The van der Waals surface area contributed by atoms with Crippen molar-refractivity contribution in [3.63, 3.8) is 0 Å². The number of amides is 1. The van der Waals surface area contributed by atoms with Crippen molar-refractivity contribution in [1.82, 2.24) is 4.90 Å². The Morgan fingerprint density at radius 2 is 1.81 bits per heavy atom. The van der Waals surface area contributed by atoms with Crippen LogP contribution in [0.5, 0.6) is 0 Å². The van der Waals surface area contributed by atoms with E-state index in [1.165, 1.54) is 0 Å². The second-order valence-electron chi connectivity index (χ2n) is 7.08. The topological polar surface area (TPSA) is 74.3 Å². The van der Waals surface area contributed by atoms with Gasteiger partial charge in [-0.3, -0.25) is 0 Å². The van der Waals surface area contributed by atoms with Gasteiger partial charge < -0.3 is 23.8 Å². The van der Waals surface area contributed by atoms with Gasteiger partial charge in [-0.2, -0.15) is 0 Å². The van der Waals surface area contributed by atoms with Crippen molar-refractivity contribution in [2.75, 3.05) is 32.9 Å². The quantitative estimate of drug-likeness (QED) is 0.520. The molecule has 26 heavy (non-hydrogen) atoms. The zero-order valence-electron chi connectivity index (χ0n) is 15.6. The molecule has 0 radical (unpaired) electrons. The monoisotopic (exact) mass is 365 g/mol. The summed E-state index contributed by atoms with van der Waals surface area (Å²) in [7, 11) is 0. The highest BCUT2D eigenvalue weighted by atomic mass is 16.6. The fourth-order valence-corrected chi connectivity index (χ4v) is 2.30. The van der Waals surface area contributed by atoms with Crippen LogP contribution in [-0.2, 0) is 30.3 Å². The van der Waals surface area contributed by atoms with Gasteiger partial charge in [0.15, 0.2) is 0 Å². The molecule has 1 aromatic rings. The van der Waals surface area contributed by atoms with Crippen LogP contribution in [-0.4, -0.2) is 61.6 Å². The van der Waals surface area contributed by atoms with Gasteiger partial charge in [-0.05, 0) is 26.3 Å². The molecular formula is C19H27NO6. The molecule has 0 aliphatic carbocycles. The van der Waals surface area contributed by atoms with E-state index in [1.54, 1.807) is 25.7 Å². The van der Waals surface area contributed by atoms with Crippen molar-refractivity contribution < 1.29 is 28.5 Å². The summed E-state index contributed by atoms with van der Waals surface area (Å²) in [5.41, 5.74) is 0.442. The summed E-state index contributed by atoms with van der Waals surface area (Å²) in [5, 5.41) is 0. The van der Waals surface area contributed by atoms with Gasteiger partial charge in [0.2, 0.25) is 0 Å². The predicted octanol–water partition coefficient (Wildman–Crippen LogP) is 2.38. The third kappa shape index (κ3) is 7.41. The number of carbonyl (C=O) groups excluding carboxylic acids is 2. The first-order valence-electron chi connectivity index (χ1n) is 8.70. The first kappa shape index (κ1) is 20.2. The minimum Gasteiger partial charge on any atom is -0.458 e. The summed E-state index contributed by atoms with van der Waals surface area (Å²) in [5.74, 6) is -0.395. The summed E-state index contributed by atoms with van der Waals surface area (Å²) in [6.07, 6.45) is -0.362. The number of rotatable bonds is 8. The second kappa shape index (κ2) is 9.54. The molecule has 0 unspecified atom stereocenters. The second-order valence-corrected chi connectivity index (χ2v) is 7.08. The molecule has 0 N–H and O–H groups in total. The highest BCUT2D eigenvalue weighted by Crippen LogP contribution is 2.14. The van der Waals surface area contributed by atoms with Gasteiger partial charge in [0.25, 0.3) is 0 Å². The van der Waals surface area contributed by atoms with Crippen LogP contribution in [0.1, 0.15) is 26.3 Å². The summed E-state index contributed by atoms with van der Waals surface area (Å²) >= 11 is 0. The number of hydrogen-bond acceptors (Lipinski definition) is 6. The van der Waals surface area contributed by atoms with E-state index in [0.29, 0.717) is 26.3 Å². The van der Waals surface area contributed by atoms with E-state index in [2.05, 4.69) is 0 Å². The van der Waals surface area contributed by atoms with Crippen LogP contribution < -0.4 is 0 Å². The molecule has 7 heteroatoms. The highest BCUT2D eigenvalue weighted by Gasteiger charge is 2.32. The van der Waals surface area contributed by atoms with E-state index < -0.39 is 11.6 Å². The van der Waals surface area contributed by atoms with Crippen LogP contribution in [0.4, 0.5) is 4.79 Å². The van der Waals surface area contributed by atoms with E-state index in [-0.39, 0.29) is 25.4 Å². The Kier molecular flexibility index (Phi) is 7.41. The van der Waals surface area contributed by atoms with Crippen molar-refractivity contribution in [2.24, 2.45) is 0 Å². The Balaban J connectivity index is 1.49. The highest BCUT2D eigenvalue weighted by molar-refractivity contribution is 5.71. The molecule has 1 amide bonds. The Morgan fingerprint density at radius 1 is 1.12 bits per heavy atom. The molecule has 1 aliphatic rings. The lowest BCUT2D eigenvalue weighted by Gasteiger charge is -2.37. The van der Waals surface area contributed by atoms with Crippen LogP contribution in [0.15, 0.2) is 30.3 Å². The average Bonchev–Trinajstić information content (AvgIpc) is 2.53. The minimum absolute atomic E-state index is 0.0237. The molecular weight excluding hydrogens is 338 g/mol. The lowest BCUT2D eigenvalue weighted by molar-refractivity contribution is -0.161. The molecule has 0 bridgehead atoms. The number of hydrogen-bond donors (Lipinski definition) is 0. The number of ether oxygens (including phenoxy) is 4. The van der Waals surface area contributed by atoms with Gasteiger partial charge in [0, 0.05) is 0 Å². The summed E-state index contributed by atoms with van der Waals surface area (Å²) < 4.78 is 21.2. The third-order valence-corrected chi connectivity index (χ3v) is 3.53. The third-order valence-electron chi connectivity index (χ3n) is 3.53. The van der Waals surface area contributed by atoms with E-state index in [0.717, 1.165) is 5.56 Å². The van der Waals surface area contributed by atoms with Gasteiger partial charge in [-0.25, -0.2) is 9.59 Å². The molecule has 0 aromatic heterocycles. The van der Waals surface area contributed by atoms with E-state index in [9.17, 15) is 9.59 Å². The number of likely N-dealkylation sites (tertiary alicyclic amines) is 1. The zero-order chi connectivity index (χ0) is 19.0. The molecule has 7 nitrogen and oxygen atoms in total. The van der Waals surface area contributed by atoms with Crippen LogP contribution >= 0.6 is 0 Å². The molecule has 1 aromatic carbocycles. The molecule has 0 saturated carbocycles. The van der Waals surface area contributed by atoms with Gasteiger partial charge in [-0.15, -0.1) is 0 Å². The van der Waals surface area contributed by atoms with Gasteiger partial charge in [0.05, 0.1) is 32.4 Å². The minimum atomic E-state index is -0.512. The van der Waals surface area contributed by atoms with E-state index in [4.69, 9.17) is 18.9 Å². The number of benzene rings is 1. The maximum absolute atomic E-state index is 11.9. The van der Waals surface area contributed by atoms with Gasteiger partial charge in [0.1, 0.15) is 18.8 Å². The van der Waals surface area contributed by atoms with Crippen molar-refractivity contribution in [2.45, 2.75) is 39.1 Å². The molecule has 0 spiro atoms. The number of carbonyl (C=O) groups is 2. The zero-order valence-corrected chi connectivity index (χ0v) is 15.6. The lowest BCUT2D eigenvalue weighted by Crippen LogP contribution is -2.55. The van der Waals surface area contributed by atoms with Crippen LogP contribution in [0.2, 0.25) is 0 Å². The smallest absolute Gasteiger partial charge is 0.410 e.